The molecule has 3 aromatic heterocycles. The summed E-state index contributed by atoms with van der Waals surface area (Å²) >= 11 is 1.36. The highest BCUT2D eigenvalue weighted by Gasteiger charge is 2.18. The fourth-order valence-corrected chi connectivity index (χ4v) is 3.40. The molecular formula is C17H14N8OS. The summed E-state index contributed by atoms with van der Waals surface area (Å²) in [7, 11) is 0. The largest absolute Gasteiger partial charge is 0.306 e. The Hall–Kier alpha value is -3.62. The van der Waals surface area contributed by atoms with Crippen LogP contribution in [0.2, 0.25) is 0 Å². The molecule has 134 valence electrons. The number of rotatable bonds is 5. The molecule has 0 spiro atoms. The van der Waals surface area contributed by atoms with Crippen LogP contribution < -0.4 is 5.32 Å². The van der Waals surface area contributed by atoms with Crippen molar-refractivity contribution in [2.24, 2.45) is 5.11 Å². The number of imidazole rings is 1. The van der Waals surface area contributed by atoms with Crippen molar-refractivity contribution >= 4 is 34.1 Å². The summed E-state index contributed by atoms with van der Waals surface area (Å²) < 4.78 is 3.30. The van der Waals surface area contributed by atoms with E-state index >= 15 is 0 Å². The van der Waals surface area contributed by atoms with Gasteiger partial charge in [-0.2, -0.15) is 9.78 Å². The topological polar surface area (TPSA) is 114 Å². The molecule has 0 aliphatic carbocycles. The van der Waals surface area contributed by atoms with Gasteiger partial charge < -0.3 is 9.88 Å². The number of fused-ring (bicyclic) bond motifs is 1. The molecule has 1 aromatic carbocycles. The van der Waals surface area contributed by atoms with Crippen molar-refractivity contribution in [2.75, 3.05) is 5.32 Å². The van der Waals surface area contributed by atoms with Gasteiger partial charge in [0, 0.05) is 11.0 Å². The smallest absolute Gasteiger partial charge is 0.266 e. The van der Waals surface area contributed by atoms with E-state index in [9.17, 15) is 4.79 Å². The number of amides is 1. The number of hydrogen-bond donors (Lipinski definition) is 1. The van der Waals surface area contributed by atoms with E-state index in [0.717, 1.165) is 16.7 Å². The number of nitrogens with one attached hydrogen (secondary N) is 1. The Bertz CT molecular complexity index is 1170. The minimum Gasteiger partial charge on any atom is -0.306 e. The van der Waals surface area contributed by atoms with Gasteiger partial charge in [-0.3, -0.25) is 4.79 Å². The van der Waals surface area contributed by atoms with E-state index in [1.165, 1.54) is 11.3 Å². The molecule has 0 saturated heterocycles. The SMILES string of the molecule is Cc1cc(NC(=O)c2cccs2)n(-c2nc3ccccc3n2CN=[N+]=[N-])n1. The van der Waals surface area contributed by atoms with E-state index in [4.69, 9.17) is 5.53 Å². The zero-order valence-corrected chi connectivity index (χ0v) is 15.1. The van der Waals surface area contributed by atoms with Gasteiger partial charge in [0.05, 0.1) is 21.6 Å². The maximum absolute atomic E-state index is 12.5. The number of azide groups is 1. The second-order valence-electron chi connectivity index (χ2n) is 5.72. The zero-order chi connectivity index (χ0) is 18.8. The molecule has 4 rings (SSSR count). The van der Waals surface area contributed by atoms with Crippen LogP contribution >= 0.6 is 11.3 Å². The first-order chi connectivity index (χ1) is 13.2. The van der Waals surface area contributed by atoms with E-state index < -0.39 is 0 Å². The lowest BCUT2D eigenvalue weighted by Gasteiger charge is -2.09. The van der Waals surface area contributed by atoms with Gasteiger partial charge in [0.2, 0.25) is 5.95 Å². The number of nitrogens with zero attached hydrogens (tertiary/aromatic N) is 7. The van der Waals surface area contributed by atoms with E-state index in [0.29, 0.717) is 16.6 Å². The lowest BCUT2D eigenvalue weighted by Crippen LogP contribution is -2.16. The molecule has 9 nitrogen and oxygen atoms in total. The molecular weight excluding hydrogens is 364 g/mol. The molecule has 1 amide bonds. The Kier molecular flexibility index (Phi) is 4.33. The summed E-state index contributed by atoms with van der Waals surface area (Å²) in [5.74, 6) is 0.727. The van der Waals surface area contributed by atoms with Crippen LogP contribution in [0.5, 0.6) is 0 Å². The molecule has 0 bridgehead atoms. The molecule has 0 aliphatic rings. The van der Waals surface area contributed by atoms with Crippen molar-refractivity contribution in [3.8, 4) is 5.95 Å². The third kappa shape index (κ3) is 3.14. The summed E-state index contributed by atoms with van der Waals surface area (Å²) in [6, 6.07) is 12.9. The second-order valence-corrected chi connectivity index (χ2v) is 6.66. The van der Waals surface area contributed by atoms with Crippen molar-refractivity contribution in [3.63, 3.8) is 0 Å². The van der Waals surface area contributed by atoms with Crippen molar-refractivity contribution < 1.29 is 4.79 Å². The number of carbonyl (C=O) groups is 1. The molecule has 0 atom stereocenters. The monoisotopic (exact) mass is 378 g/mol. The number of thiophene rings is 1. The normalized spacial score (nSPS) is 10.7. The number of aryl methyl sites for hydroxylation is 1. The van der Waals surface area contributed by atoms with E-state index in [2.05, 4.69) is 25.4 Å². The summed E-state index contributed by atoms with van der Waals surface area (Å²) in [6.07, 6.45) is 0. The fraction of sp³-hybridized carbons (Fsp3) is 0.118. The van der Waals surface area contributed by atoms with Gasteiger partial charge in [0.25, 0.3) is 5.91 Å². The highest BCUT2D eigenvalue weighted by Crippen LogP contribution is 2.23. The van der Waals surface area contributed by atoms with Crippen molar-refractivity contribution in [1.29, 1.82) is 0 Å². The Balaban J connectivity index is 1.82. The zero-order valence-electron chi connectivity index (χ0n) is 14.3. The average molecular weight is 378 g/mol. The van der Waals surface area contributed by atoms with Gasteiger partial charge in [0.1, 0.15) is 12.5 Å². The first-order valence-corrected chi connectivity index (χ1v) is 8.93. The van der Waals surface area contributed by atoms with Gasteiger partial charge in [-0.15, -0.1) is 11.3 Å². The summed E-state index contributed by atoms with van der Waals surface area (Å²) in [4.78, 5) is 20.5. The van der Waals surface area contributed by atoms with Crippen molar-refractivity contribution in [1.82, 2.24) is 19.3 Å². The summed E-state index contributed by atoms with van der Waals surface area (Å²) in [6.45, 7) is 1.89. The predicted octanol–water partition coefficient (Wildman–Crippen LogP) is 4.11. The maximum atomic E-state index is 12.5. The second kappa shape index (κ2) is 6.94. The van der Waals surface area contributed by atoms with Gasteiger partial charge in [-0.05, 0) is 36.0 Å². The van der Waals surface area contributed by atoms with Gasteiger partial charge in [0.15, 0.2) is 0 Å². The fourth-order valence-electron chi connectivity index (χ4n) is 2.78. The number of anilines is 1. The van der Waals surface area contributed by atoms with Crippen molar-refractivity contribution in [3.05, 3.63) is 68.9 Å². The van der Waals surface area contributed by atoms with Crippen LogP contribution in [0, 0.1) is 6.92 Å². The standard InChI is InChI=1S/C17H14N8OS/c1-11-9-15(21-16(26)14-7-4-8-27-14)25(22-11)17-20-12-5-2-3-6-13(12)24(17)10-19-23-18/h2-9H,10H2,1H3,(H,21,26). The van der Waals surface area contributed by atoms with Crippen LogP contribution in [-0.2, 0) is 6.67 Å². The Morgan fingerprint density at radius 3 is 2.96 bits per heavy atom. The summed E-state index contributed by atoms with van der Waals surface area (Å²) in [5.41, 5.74) is 11.0. The summed E-state index contributed by atoms with van der Waals surface area (Å²) in [5, 5.41) is 12.9. The van der Waals surface area contributed by atoms with Crippen molar-refractivity contribution in [2.45, 2.75) is 13.6 Å². The lowest BCUT2D eigenvalue weighted by molar-refractivity contribution is 0.103. The minimum atomic E-state index is -0.219. The van der Waals surface area contributed by atoms with Gasteiger partial charge in [-0.1, -0.05) is 23.3 Å². The first kappa shape index (κ1) is 16.8. The third-order valence-electron chi connectivity index (χ3n) is 3.91. The molecule has 3 heterocycles. The highest BCUT2D eigenvalue weighted by molar-refractivity contribution is 7.12. The Morgan fingerprint density at radius 2 is 2.19 bits per heavy atom. The predicted molar refractivity (Wildman–Crippen MR) is 103 cm³/mol. The molecule has 0 saturated carbocycles. The van der Waals surface area contributed by atoms with Crippen LogP contribution in [0.15, 0.2) is 53.0 Å². The lowest BCUT2D eigenvalue weighted by atomic mass is 10.3. The number of carbonyl (C=O) groups excluding carboxylic acids is 1. The van der Waals surface area contributed by atoms with E-state index in [-0.39, 0.29) is 12.6 Å². The van der Waals surface area contributed by atoms with Crippen LogP contribution in [0.3, 0.4) is 0 Å². The molecule has 4 aromatic rings. The molecule has 0 aliphatic heterocycles. The van der Waals surface area contributed by atoms with Crippen LogP contribution in [-0.4, -0.2) is 25.2 Å². The minimum absolute atomic E-state index is 0.0591. The quantitative estimate of drug-likeness (QED) is 0.320. The van der Waals surface area contributed by atoms with Gasteiger partial charge in [-0.25, -0.2) is 4.98 Å². The van der Waals surface area contributed by atoms with Crippen LogP contribution in [0.25, 0.3) is 27.4 Å². The van der Waals surface area contributed by atoms with E-state index in [1.54, 1.807) is 21.4 Å². The van der Waals surface area contributed by atoms with Gasteiger partial charge >= 0.3 is 0 Å². The number of benzene rings is 1. The Labute approximate surface area is 157 Å². The molecule has 27 heavy (non-hydrogen) atoms. The molecule has 1 N–H and O–H groups in total. The molecule has 10 heteroatoms. The number of hydrogen-bond acceptors (Lipinski definition) is 5. The average Bonchev–Trinajstić information content (AvgIpc) is 3.38. The molecule has 0 unspecified atom stereocenters. The first-order valence-electron chi connectivity index (χ1n) is 8.05. The van der Waals surface area contributed by atoms with E-state index in [1.807, 2.05) is 42.6 Å². The van der Waals surface area contributed by atoms with Crippen LogP contribution in [0.1, 0.15) is 15.4 Å². The highest BCUT2D eigenvalue weighted by atomic mass is 32.1. The number of aromatic nitrogens is 4. The maximum Gasteiger partial charge on any atom is 0.266 e. The number of para-hydroxylation sites is 2. The Morgan fingerprint density at radius 1 is 1.33 bits per heavy atom. The molecule has 0 radical (unpaired) electrons. The molecule has 0 fully saturated rings. The van der Waals surface area contributed by atoms with Crippen LogP contribution in [0.4, 0.5) is 5.82 Å². The third-order valence-corrected chi connectivity index (χ3v) is 4.78.